The lowest BCUT2D eigenvalue weighted by Crippen LogP contribution is -2.37. The molecule has 8 nitrogen and oxygen atoms in total. The van der Waals surface area contributed by atoms with E-state index >= 15 is 0 Å². The van der Waals surface area contributed by atoms with Crippen LogP contribution in [0.25, 0.3) is 28.0 Å². The second-order valence-electron chi connectivity index (χ2n) is 7.29. The van der Waals surface area contributed by atoms with Gasteiger partial charge in [0.1, 0.15) is 11.5 Å². The van der Waals surface area contributed by atoms with Gasteiger partial charge >= 0.3 is 0 Å². The van der Waals surface area contributed by atoms with Gasteiger partial charge in [-0.1, -0.05) is 0 Å². The van der Waals surface area contributed by atoms with E-state index in [1.807, 2.05) is 10.7 Å². The van der Waals surface area contributed by atoms with Crippen molar-refractivity contribution in [3.05, 3.63) is 59.9 Å². The van der Waals surface area contributed by atoms with Gasteiger partial charge in [-0.25, -0.2) is 13.9 Å². The molecule has 0 radical (unpaired) electrons. The van der Waals surface area contributed by atoms with Gasteiger partial charge in [-0.3, -0.25) is 9.48 Å². The molecule has 9 heteroatoms. The standard InChI is InChI=1S/C21H20FN7O/c1-13(30)27-8-9-28-18(12-27)19(20(26-28)14-2-4-15(22)5-3-14)17-6-7-24-29-11-16(10-23)25-21(17)29/h2-7,11H,8-10,12,23H2,1H3. The first-order chi connectivity index (χ1) is 14.5. The maximum Gasteiger partial charge on any atom is 0.219 e. The van der Waals surface area contributed by atoms with Crippen molar-refractivity contribution in [1.29, 1.82) is 0 Å². The number of benzene rings is 1. The molecule has 0 atom stereocenters. The normalized spacial score (nSPS) is 13.6. The van der Waals surface area contributed by atoms with Crippen molar-refractivity contribution in [3.63, 3.8) is 0 Å². The molecule has 2 N–H and O–H groups in total. The molecular formula is C21H20FN7O. The molecule has 5 rings (SSSR count). The molecule has 0 saturated heterocycles. The smallest absolute Gasteiger partial charge is 0.219 e. The zero-order valence-corrected chi connectivity index (χ0v) is 16.4. The summed E-state index contributed by atoms with van der Waals surface area (Å²) >= 11 is 0. The summed E-state index contributed by atoms with van der Waals surface area (Å²) in [5.74, 6) is -0.290. The lowest BCUT2D eigenvalue weighted by molar-refractivity contribution is -0.130. The molecule has 0 fully saturated rings. The van der Waals surface area contributed by atoms with Crippen molar-refractivity contribution in [2.75, 3.05) is 6.54 Å². The third-order valence-corrected chi connectivity index (χ3v) is 5.43. The second-order valence-corrected chi connectivity index (χ2v) is 7.29. The Balaban J connectivity index is 1.78. The van der Waals surface area contributed by atoms with Gasteiger partial charge in [0.15, 0.2) is 5.65 Å². The van der Waals surface area contributed by atoms with E-state index in [-0.39, 0.29) is 11.7 Å². The fourth-order valence-corrected chi connectivity index (χ4v) is 3.92. The minimum absolute atomic E-state index is 0.0165. The first-order valence-corrected chi connectivity index (χ1v) is 9.70. The third-order valence-electron chi connectivity index (χ3n) is 5.43. The molecule has 0 aliphatic carbocycles. The largest absolute Gasteiger partial charge is 0.335 e. The molecular weight excluding hydrogens is 385 g/mol. The highest BCUT2D eigenvalue weighted by Crippen LogP contribution is 2.38. The van der Waals surface area contributed by atoms with Gasteiger partial charge in [-0.05, 0) is 30.3 Å². The zero-order chi connectivity index (χ0) is 20.8. The molecule has 30 heavy (non-hydrogen) atoms. The van der Waals surface area contributed by atoms with Crippen LogP contribution in [0.15, 0.2) is 42.7 Å². The van der Waals surface area contributed by atoms with Crippen LogP contribution in [0.3, 0.4) is 0 Å². The minimum atomic E-state index is -0.306. The van der Waals surface area contributed by atoms with Gasteiger partial charge in [-0.15, -0.1) is 0 Å². The van der Waals surface area contributed by atoms with Crippen molar-refractivity contribution in [3.8, 4) is 22.4 Å². The monoisotopic (exact) mass is 405 g/mol. The first-order valence-electron chi connectivity index (χ1n) is 9.70. The average Bonchev–Trinajstić information content (AvgIpc) is 3.34. The summed E-state index contributed by atoms with van der Waals surface area (Å²) in [6.07, 6.45) is 3.50. The summed E-state index contributed by atoms with van der Waals surface area (Å²) in [7, 11) is 0. The van der Waals surface area contributed by atoms with Crippen LogP contribution in [0, 0.1) is 5.82 Å². The number of carbonyl (C=O) groups is 1. The molecule has 0 bridgehead atoms. The molecule has 0 spiro atoms. The van der Waals surface area contributed by atoms with Crippen molar-refractivity contribution in [2.45, 2.75) is 26.6 Å². The van der Waals surface area contributed by atoms with Gasteiger partial charge in [0.25, 0.3) is 0 Å². The molecule has 152 valence electrons. The lowest BCUT2D eigenvalue weighted by atomic mass is 9.99. The molecule has 1 aromatic carbocycles. The van der Waals surface area contributed by atoms with Gasteiger partial charge in [0.2, 0.25) is 5.91 Å². The van der Waals surface area contributed by atoms with E-state index < -0.39 is 0 Å². The highest BCUT2D eigenvalue weighted by Gasteiger charge is 2.28. The van der Waals surface area contributed by atoms with Crippen LogP contribution in [0.4, 0.5) is 4.39 Å². The molecule has 4 heterocycles. The number of imidazole rings is 1. The van der Waals surface area contributed by atoms with Crippen molar-refractivity contribution < 1.29 is 9.18 Å². The topological polar surface area (TPSA) is 94.3 Å². The lowest BCUT2D eigenvalue weighted by Gasteiger charge is -2.27. The van der Waals surface area contributed by atoms with Crippen LogP contribution >= 0.6 is 0 Å². The summed E-state index contributed by atoms with van der Waals surface area (Å²) in [5, 5.41) is 9.18. The summed E-state index contributed by atoms with van der Waals surface area (Å²) in [5.41, 5.74) is 11.3. The van der Waals surface area contributed by atoms with E-state index in [9.17, 15) is 9.18 Å². The Morgan fingerprint density at radius 2 is 2.00 bits per heavy atom. The molecule has 0 unspecified atom stereocenters. The van der Waals surface area contributed by atoms with Crippen LogP contribution in [0.5, 0.6) is 0 Å². The molecule has 4 aromatic rings. The maximum atomic E-state index is 13.5. The van der Waals surface area contributed by atoms with E-state index in [1.165, 1.54) is 12.1 Å². The number of rotatable bonds is 3. The Morgan fingerprint density at radius 1 is 1.20 bits per heavy atom. The average molecular weight is 405 g/mol. The van der Waals surface area contributed by atoms with Crippen molar-refractivity contribution in [2.24, 2.45) is 5.73 Å². The Kier molecular flexibility index (Phi) is 4.32. The number of nitrogens with two attached hydrogens (primary N) is 1. The number of hydrogen-bond donors (Lipinski definition) is 1. The van der Waals surface area contributed by atoms with Crippen LogP contribution < -0.4 is 5.73 Å². The van der Waals surface area contributed by atoms with E-state index in [0.29, 0.717) is 31.8 Å². The van der Waals surface area contributed by atoms with E-state index in [1.54, 1.807) is 40.9 Å². The highest BCUT2D eigenvalue weighted by molar-refractivity contribution is 5.89. The van der Waals surface area contributed by atoms with Crippen LogP contribution in [0.2, 0.25) is 0 Å². The Bertz CT molecular complexity index is 1260. The predicted molar refractivity (Wildman–Crippen MR) is 109 cm³/mol. The number of aromatic nitrogens is 5. The van der Waals surface area contributed by atoms with Gasteiger partial charge in [-0.2, -0.15) is 10.2 Å². The third kappa shape index (κ3) is 2.94. The van der Waals surface area contributed by atoms with E-state index in [0.717, 1.165) is 33.8 Å². The number of fused-ring (bicyclic) bond motifs is 2. The van der Waals surface area contributed by atoms with Crippen molar-refractivity contribution in [1.82, 2.24) is 29.3 Å². The molecule has 1 aliphatic heterocycles. The molecule has 0 saturated carbocycles. The second kappa shape index (κ2) is 7.03. The molecule has 1 amide bonds. The quantitative estimate of drug-likeness (QED) is 0.564. The number of hydrogen-bond acceptors (Lipinski definition) is 5. The number of halogens is 1. The van der Waals surface area contributed by atoms with Gasteiger partial charge in [0, 0.05) is 42.9 Å². The van der Waals surface area contributed by atoms with Gasteiger partial charge < -0.3 is 10.6 Å². The predicted octanol–water partition coefficient (Wildman–Crippen LogP) is 2.22. The van der Waals surface area contributed by atoms with Gasteiger partial charge in [0.05, 0.1) is 30.7 Å². The zero-order valence-electron chi connectivity index (χ0n) is 16.4. The number of carbonyl (C=O) groups excluding carboxylic acids is 1. The van der Waals surface area contributed by atoms with Crippen LogP contribution in [-0.2, 0) is 24.4 Å². The summed E-state index contributed by atoms with van der Waals surface area (Å²) < 4.78 is 17.2. The maximum absolute atomic E-state index is 13.5. The highest BCUT2D eigenvalue weighted by atomic mass is 19.1. The first kappa shape index (κ1) is 18.4. The summed E-state index contributed by atoms with van der Waals surface area (Å²) in [6, 6.07) is 8.16. The fraction of sp³-hybridized carbons (Fsp3) is 0.238. The van der Waals surface area contributed by atoms with E-state index in [2.05, 4.69) is 10.1 Å². The van der Waals surface area contributed by atoms with Crippen molar-refractivity contribution >= 4 is 11.6 Å². The Morgan fingerprint density at radius 3 is 2.73 bits per heavy atom. The Labute approximate surface area is 171 Å². The van der Waals surface area contributed by atoms with Crippen LogP contribution in [0.1, 0.15) is 18.3 Å². The number of amides is 1. The molecule has 3 aromatic heterocycles. The number of nitrogens with zero attached hydrogens (tertiary/aromatic N) is 6. The Hall–Kier alpha value is -3.59. The van der Waals surface area contributed by atoms with E-state index in [4.69, 9.17) is 10.8 Å². The fourth-order valence-electron chi connectivity index (χ4n) is 3.92. The molecule has 1 aliphatic rings. The SMILES string of the molecule is CC(=O)N1CCn2nc(-c3ccc(F)cc3)c(-c3ccnn4cc(CN)nc34)c2C1. The minimum Gasteiger partial charge on any atom is -0.335 e. The van der Waals surface area contributed by atoms with Crippen LogP contribution in [-0.4, -0.2) is 41.7 Å². The summed E-state index contributed by atoms with van der Waals surface area (Å²) in [6.45, 7) is 3.50. The summed E-state index contributed by atoms with van der Waals surface area (Å²) in [4.78, 5) is 18.5.